The number of aliphatic hydroxyl groups is 1. The second kappa shape index (κ2) is 19.8. The molecule has 2 atom stereocenters. The first-order valence-electron chi connectivity index (χ1n) is 12.6. The molecule has 0 aliphatic rings. The second-order valence-corrected chi connectivity index (χ2v) is 10.6. The Morgan fingerprint density at radius 1 is 0.586 bits per heavy atom. The SMILES string of the molecule is CCCCCCCCCCCCCCC(O)CC(CCCCCCC)S(=O)(=O)O. The van der Waals surface area contributed by atoms with Crippen molar-refractivity contribution in [1.82, 2.24) is 0 Å². The summed E-state index contributed by atoms with van der Waals surface area (Å²) in [6, 6.07) is 0. The van der Waals surface area contributed by atoms with E-state index >= 15 is 0 Å². The summed E-state index contributed by atoms with van der Waals surface area (Å²) in [4.78, 5) is 0. The molecule has 0 aromatic heterocycles. The van der Waals surface area contributed by atoms with E-state index in [-0.39, 0.29) is 6.42 Å². The van der Waals surface area contributed by atoms with E-state index in [4.69, 9.17) is 0 Å². The Kier molecular flexibility index (Phi) is 19.7. The van der Waals surface area contributed by atoms with Crippen molar-refractivity contribution in [2.75, 3.05) is 0 Å². The summed E-state index contributed by atoms with van der Waals surface area (Å²) in [5.41, 5.74) is 0. The smallest absolute Gasteiger partial charge is 0.267 e. The highest BCUT2D eigenvalue weighted by molar-refractivity contribution is 7.86. The van der Waals surface area contributed by atoms with E-state index in [1.165, 1.54) is 64.2 Å². The van der Waals surface area contributed by atoms with Gasteiger partial charge in [-0.1, -0.05) is 123 Å². The van der Waals surface area contributed by atoms with Gasteiger partial charge in [-0.15, -0.1) is 0 Å². The van der Waals surface area contributed by atoms with Crippen LogP contribution in [0.2, 0.25) is 0 Å². The summed E-state index contributed by atoms with van der Waals surface area (Å²) in [5, 5.41) is 9.40. The zero-order valence-electron chi connectivity index (χ0n) is 19.4. The van der Waals surface area contributed by atoms with Gasteiger partial charge in [0.25, 0.3) is 10.1 Å². The lowest BCUT2D eigenvalue weighted by atomic mass is 10.0. The van der Waals surface area contributed by atoms with Crippen LogP contribution in [0, 0.1) is 0 Å². The van der Waals surface area contributed by atoms with E-state index < -0.39 is 21.5 Å². The number of unbranched alkanes of at least 4 members (excludes halogenated alkanes) is 15. The van der Waals surface area contributed by atoms with Gasteiger partial charge < -0.3 is 5.11 Å². The van der Waals surface area contributed by atoms with Gasteiger partial charge >= 0.3 is 0 Å². The van der Waals surface area contributed by atoms with Gasteiger partial charge in [0.15, 0.2) is 0 Å². The van der Waals surface area contributed by atoms with Gasteiger partial charge in [-0.2, -0.15) is 8.42 Å². The Morgan fingerprint density at radius 3 is 1.31 bits per heavy atom. The Labute approximate surface area is 182 Å². The van der Waals surface area contributed by atoms with Crippen LogP contribution in [-0.4, -0.2) is 29.4 Å². The fourth-order valence-corrected chi connectivity index (χ4v) is 4.94. The number of hydrogen-bond donors (Lipinski definition) is 2. The lowest BCUT2D eigenvalue weighted by Crippen LogP contribution is -2.26. The van der Waals surface area contributed by atoms with Crippen molar-refractivity contribution >= 4 is 10.1 Å². The predicted molar refractivity (Wildman–Crippen MR) is 125 cm³/mol. The van der Waals surface area contributed by atoms with E-state index in [2.05, 4.69) is 13.8 Å². The van der Waals surface area contributed by atoms with Gasteiger partial charge in [0.2, 0.25) is 0 Å². The van der Waals surface area contributed by atoms with E-state index in [0.717, 1.165) is 44.9 Å². The highest BCUT2D eigenvalue weighted by atomic mass is 32.2. The normalized spacial score (nSPS) is 14.2. The zero-order valence-corrected chi connectivity index (χ0v) is 20.2. The summed E-state index contributed by atoms with van der Waals surface area (Å²) in [5.74, 6) is 0. The summed E-state index contributed by atoms with van der Waals surface area (Å²) >= 11 is 0. The van der Waals surface area contributed by atoms with Crippen molar-refractivity contribution in [3.8, 4) is 0 Å². The van der Waals surface area contributed by atoms with Gasteiger partial charge in [-0.05, 0) is 19.3 Å². The average Bonchev–Trinajstić information content (AvgIpc) is 2.67. The number of rotatable bonds is 22. The van der Waals surface area contributed by atoms with Crippen molar-refractivity contribution in [3.05, 3.63) is 0 Å². The predicted octanol–water partition coefficient (Wildman–Crippen LogP) is 7.45. The van der Waals surface area contributed by atoms with E-state index in [0.29, 0.717) is 12.8 Å². The van der Waals surface area contributed by atoms with Crippen LogP contribution in [0.25, 0.3) is 0 Å². The van der Waals surface area contributed by atoms with Crippen LogP contribution in [-0.2, 0) is 10.1 Å². The molecule has 0 aliphatic heterocycles. The first-order valence-corrected chi connectivity index (χ1v) is 14.1. The zero-order chi connectivity index (χ0) is 21.8. The van der Waals surface area contributed by atoms with Gasteiger partial charge in [-0.25, -0.2) is 0 Å². The van der Waals surface area contributed by atoms with Crippen molar-refractivity contribution in [2.45, 2.75) is 154 Å². The Morgan fingerprint density at radius 2 is 0.931 bits per heavy atom. The lowest BCUT2D eigenvalue weighted by Gasteiger charge is -2.18. The molecule has 0 fully saturated rings. The quantitative estimate of drug-likeness (QED) is 0.137. The lowest BCUT2D eigenvalue weighted by molar-refractivity contribution is 0.146. The van der Waals surface area contributed by atoms with Crippen molar-refractivity contribution in [1.29, 1.82) is 0 Å². The molecule has 2 N–H and O–H groups in total. The molecule has 5 heteroatoms. The van der Waals surface area contributed by atoms with E-state index in [1.807, 2.05) is 0 Å². The number of aliphatic hydroxyl groups excluding tert-OH is 1. The molecule has 0 aliphatic carbocycles. The molecule has 0 saturated heterocycles. The fraction of sp³-hybridized carbons (Fsp3) is 1.00. The molecule has 29 heavy (non-hydrogen) atoms. The van der Waals surface area contributed by atoms with Crippen LogP contribution in [0.5, 0.6) is 0 Å². The van der Waals surface area contributed by atoms with Gasteiger partial charge in [0.1, 0.15) is 0 Å². The molecule has 0 heterocycles. The molecule has 0 aromatic carbocycles. The van der Waals surface area contributed by atoms with Crippen LogP contribution in [0.15, 0.2) is 0 Å². The van der Waals surface area contributed by atoms with E-state index in [1.54, 1.807) is 0 Å². The third-order valence-corrected chi connectivity index (χ3v) is 7.25. The van der Waals surface area contributed by atoms with Crippen molar-refractivity contribution in [3.63, 3.8) is 0 Å². The summed E-state index contributed by atoms with van der Waals surface area (Å²) < 4.78 is 32.7. The Bertz CT molecular complexity index is 436. The third-order valence-electron chi connectivity index (χ3n) is 5.98. The van der Waals surface area contributed by atoms with Gasteiger partial charge in [0, 0.05) is 0 Å². The maximum Gasteiger partial charge on any atom is 0.267 e. The second-order valence-electron chi connectivity index (χ2n) is 8.91. The highest BCUT2D eigenvalue weighted by Gasteiger charge is 2.25. The minimum absolute atomic E-state index is 0.171. The van der Waals surface area contributed by atoms with Gasteiger partial charge in [-0.3, -0.25) is 4.55 Å². The molecule has 0 amide bonds. The first kappa shape index (κ1) is 28.9. The summed E-state index contributed by atoms with van der Waals surface area (Å²) in [6.45, 7) is 4.40. The standard InChI is InChI=1S/C24H50O4S/c1-3-5-7-9-10-11-12-13-14-15-17-18-20-23(25)22-24(29(26,27)28)21-19-16-8-6-4-2/h23-25H,3-22H2,1-2H3,(H,26,27,28). The van der Waals surface area contributed by atoms with Crippen LogP contribution in [0.3, 0.4) is 0 Å². The molecule has 176 valence electrons. The molecular weight excluding hydrogens is 384 g/mol. The molecular formula is C24H50O4S. The van der Waals surface area contributed by atoms with Crippen LogP contribution in [0.4, 0.5) is 0 Å². The molecule has 0 saturated carbocycles. The third kappa shape index (κ3) is 19.6. The minimum atomic E-state index is -4.07. The molecule has 2 unspecified atom stereocenters. The van der Waals surface area contributed by atoms with Gasteiger partial charge in [0.05, 0.1) is 11.4 Å². The Balaban J connectivity index is 3.71. The molecule has 0 spiro atoms. The first-order chi connectivity index (χ1) is 13.9. The van der Waals surface area contributed by atoms with Crippen LogP contribution in [0.1, 0.15) is 142 Å². The molecule has 0 aromatic rings. The average molecular weight is 435 g/mol. The highest BCUT2D eigenvalue weighted by Crippen LogP contribution is 2.20. The molecule has 0 bridgehead atoms. The van der Waals surface area contributed by atoms with Crippen LogP contribution < -0.4 is 0 Å². The monoisotopic (exact) mass is 434 g/mol. The maximum atomic E-state index is 11.6. The van der Waals surface area contributed by atoms with Crippen molar-refractivity contribution in [2.24, 2.45) is 0 Å². The summed E-state index contributed by atoms with van der Waals surface area (Å²) in [7, 11) is -4.07. The maximum absolute atomic E-state index is 11.6. The minimum Gasteiger partial charge on any atom is -0.393 e. The number of hydrogen-bond acceptors (Lipinski definition) is 3. The van der Waals surface area contributed by atoms with Crippen molar-refractivity contribution < 1.29 is 18.1 Å². The van der Waals surface area contributed by atoms with E-state index in [9.17, 15) is 18.1 Å². The Hall–Kier alpha value is -0.130. The molecule has 0 rings (SSSR count). The topological polar surface area (TPSA) is 74.6 Å². The largest absolute Gasteiger partial charge is 0.393 e. The van der Waals surface area contributed by atoms with Crippen LogP contribution >= 0.6 is 0 Å². The summed E-state index contributed by atoms with van der Waals surface area (Å²) in [6.07, 6.45) is 21.2. The molecule has 0 radical (unpaired) electrons. The molecule has 4 nitrogen and oxygen atoms in total. The fourth-order valence-electron chi connectivity index (χ4n) is 4.01.